The molecule has 0 saturated carbocycles. The van der Waals surface area contributed by atoms with Crippen LogP contribution >= 0.6 is 0 Å². The molecule has 1 aromatic rings. The first-order valence-electron chi connectivity index (χ1n) is 6.66. The Hall–Kier alpha value is -0.940. The largest absolute Gasteiger partial charge is 0.316 e. The van der Waals surface area contributed by atoms with Crippen molar-refractivity contribution in [3.8, 4) is 0 Å². The zero-order valence-corrected chi connectivity index (χ0v) is 10.5. The van der Waals surface area contributed by atoms with Crippen LogP contribution < -0.4 is 5.32 Å². The molecule has 3 rings (SSSR count). The van der Waals surface area contributed by atoms with Gasteiger partial charge in [-0.2, -0.15) is 5.10 Å². The maximum Gasteiger partial charge on any atom is 0.141 e. The summed E-state index contributed by atoms with van der Waals surface area (Å²) in [6.45, 7) is 8.96. The van der Waals surface area contributed by atoms with Gasteiger partial charge in [0.25, 0.3) is 0 Å². The van der Waals surface area contributed by atoms with Gasteiger partial charge >= 0.3 is 0 Å². The summed E-state index contributed by atoms with van der Waals surface area (Å²) >= 11 is 0. The Morgan fingerprint density at radius 1 is 1.35 bits per heavy atom. The SMILES string of the molecule is CCCn1ncnc1CN1CC2CNCC2C1. The van der Waals surface area contributed by atoms with Gasteiger partial charge in [-0.25, -0.2) is 9.67 Å². The second-order valence-corrected chi connectivity index (χ2v) is 5.27. The molecule has 5 heteroatoms. The van der Waals surface area contributed by atoms with Crippen molar-refractivity contribution >= 4 is 0 Å². The van der Waals surface area contributed by atoms with E-state index >= 15 is 0 Å². The van der Waals surface area contributed by atoms with Crippen LogP contribution in [0, 0.1) is 11.8 Å². The third-order valence-electron chi connectivity index (χ3n) is 3.96. The average molecular weight is 235 g/mol. The summed E-state index contributed by atoms with van der Waals surface area (Å²) in [5.41, 5.74) is 0. The predicted molar refractivity (Wildman–Crippen MR) is 65.4 cm³/mol. The van der Waals surface area contributed by atoms with Crippen LogP contribution in [0.4, 0.5) is 0 Å². The van der Waals surface area contributed by atoms with Crippen LogP contribution in [0.5, 0.6) is 0 Å². The number of hydrogen-bond acceptors (Lipinski definition) is 4. The van der Waals surface area contributed by atoms with Crippen molar-refractivity contribution in [2.75, 3.05) is 26.2 Å². The molecule has 2 aliphatic heterocycles. The van der Waals surface area contributed by atoms with Crippen LogP contribution in [-0.4, -0.2) is 45.8 Å². The summed E-state index contributed by atoms with van der Waals surface area (Å²) in [6.07, 6.45) is 2.80. The van der Waals surface area contributed by atoms with E-state index in [1.165, 1.54) is 26.2 Å². The van der Waals surface area contributed by atoms with Crippen LogP contribution in [-0.2, 0) is 13.1 Å². The fourth-order valence-corrected chi connectivity index (χ4v) is 3.09. The van der Waals surface area contributed by atoms with E-state index in [1.54, 1.807) is 6.33 Å². The van der Waals surface area contributed by atoms with Crippen LogP contribution in [0.3, 0.4) is 0 Å². The molecule has 0 aliphatic carbocycles. The number of rotatable bonds is 4. The molecule has 0 radical (unpaired) electrons. The molecule has 0 aromatic carbocycles. The number of nitrogens with one attached hydrogen (secondary N) is 1. The minimum absolute atomic E-state index is 0.859. The molecule has 17 heavy (non-hydrogen) atoms. The van der Waals surface area contributed by atoms with Crippen LogP contribution in [0.1, 0.15) is 19.2 Å². The van der Waals surface area contributed by atoms with Gasteiger partial charge in [-0.1, -0.05) is 6.92 Å². The van der Waals surface area contributed by atoms with Crippen LogP contribution in [0.15, 0.2) is 6.33 Å². The first-order chi connectivity index (χ1) is 8.36. The summed E-state index contributed by atoms with van der Waals surface area (Å²) in [6, 6.07) is 0. The highest BCUT2D eigenvalue weighted by Gasteiger charge is 2.36. The zero-order valence-electron chi connectivity index (χ0n) is 10.5. The Bertz CT molecular complexity index is 363. The highest BCUT2D eigenvalue weighted by molar-refractivity contribution is 4.94. The second-order valence-electron chi connectivity index (χ2n) is 5.27. The molecule has 94 valence electrons. The van der Waals surface area contributed by atoms with Crippen molar-refractivity contribution in [1.29, 1.82) is 0 Å². The van der Waals surface area contributed by atoms with Gasteiger partial charge < -0.3 is 5.32 Å². The number of aromatic nitrogens is 3. The van der Waals surface area contributed by atoms with E-state index in [9.17, 15) is 0 Å². The number of likely N-dealkylation sites (tertiary alicyclic amines) is 1. The molecule has 1 aromatic heterocycles. The summed E-state index contributed by atoms with van der Waals surface area (Å²) in [4.78, 5) is 6.92. The number of hydrogen-bond donors (Lipinski definition) is 1. The third kappa shape index (κ3) is 2.21. The Balaban J connectivity index is 1.61. The number of nitrogens with zero attached hydrogens (tertiary/aromatic N) is 4. The lowest BCUT2D eigenvalue weighted by molar-refractivity contribution is 0.290. The summed E-state index contributed by atoms with van der Waals surface area (Å²) in [5.74, 6) is 2.84. The molecule has 0 bridgehead atoms. The molecule has 2 fully saturated rings. The second kappa shape index (κ2) is 4.74. The molecule has 2 atom stereocenters. The van der Waals surface area contributed by atoms with Gasteiger partial charge in [0.2, 0.25) is 0 Å². The summed E-state index contributed by atoms with van der Waals surface area (Å²) in [5, 5.41) is 7.76. The van der Waals surface area contributed by atoms with Gasteiger partial charge in [0.05, 0.1) is 6.54 Å². The predicted octanol–water partition coefficient (Wildman–Crippen LogP) is 0.339. The summed E-state index contributed by atoms with van der Waals surface area (Å²) < 4.78 is 2.05. The highest BCUT2D eigenvalue weighted by Crippen LogP contribution is 2.26. The van der Waals surface area contributed by atoms with E-state index in [0.29, 0.717) is 0 Å². The van der Waals surface area contributed by atoms with Gasteiger partial charge in [0.15, 0.2) is 0 Å². The molecule has 3 heterocycles. The van der Waals surface area contributed by atoms with E-state index in [2.05, 4.69) is 27.2 Å². The summed E-state index contributed by atoms with van der Waals surface area (Å²) in [7, 11) is 0. The average Bonchev–Trinajstić information content (AvgIpc) is 2.95. The van der Waals surface area contributed by atoms with Crippen molar-refractivity contribution < 1.29 is 0 Å². The van der Waals surface area contributed by atoms with Gasteiger partial charge in [-0.15, -0.1) is 0 Å². The monoisotopic (exact) mass is 235 g/mol. The molecule has 2 aliphatic rings. The fourth-order valence-electron chi connectivity index (χ4n) is 3.09. The van der Waals surface area contributed by atoms with E-state index in [4.69, 9.17) is 0 Å². The lowest BCUT2D eigenvalue weighted by Gasteiger charge is -2.16. The van der Waals surface area contributed by atoms with Gasteiger partial charge in [-0.3, -0.25) is 4.90 Å². The van der Waals surface area contributed by atoms with E-state index in [0.717, 1.165) is 37.2 Å². The number of fused-ring (bicyclic) bond motifs is 1. The lowest BCUT2D eigenvalue weighted by atomic mass is 10.0. The van der Waals surface area contributed by atoms with Gasteiger partial charge in [0.1, 0.15) is 12.2 Å². The Kier molecular flexibility index (Phi) is 3.11. The van der Waals surface area contributed by atoms with Crippen molar-refractivity contribution in [3.63, 3.8) is 0 Å². The van der Waals surface area contributed by atoms with Crippen molar-refractivity contribution in [2.24, 2.45) is 11.8 Å². The third-order valence-corrected chi connectivity index (χ3v) is 3.96. The zero-order chi connectivity index (χ0) is 11.7. The molecule has 5 nitrogen and oxygen atoms in total. The van der Waals surface area contributed by atoms with Crippen molar-refractivity contribution in [1.82, 2.24) is 25.0 Å². The minimum Gasteiger partial charge on any atom is -0.316 e. The topological polar surface area (TPSA) is 46.0 Å². The van der Waals surface area contributed by atoms with Gasteiger partial charge in [0, 0.05) is 19.6 Å². The van der Waals surface area contributed by atoms with Crippen molar-refractivity contribution in [3.05, 3.63) is 12.2 Å². The maximum absolute atomic E-state index is 4.39. The van der Waals surface area contributed by atoms with E-state index in [1.807, 2.05) is 4.68 Å². The Morgan fingerprint density at radius 3 is 2.82 bits per heavy atom. The van der Waals surface area contributed by atoms with Crippen LogP contribution in [0.2, 0.25) is 0 Å². The van der Waals surface area contributed by atoms with E-state index in [-0.39, 0.29) is 0 Å². The molecule has 2 saturated heterocycles. The Morgan fingerprint density at radius 2 is 2.12 bits per heavy atom. The minimum atomic E-state index is 0.859. The molecule has 2 unspecified atom stereocenters. The standard InChI is InChI=1S/C12H21N5/c1-2-3-17-12(14-9-15-17)8-16-6-10-4-13-5-11(10)7-16/h9-11,13H,2-8H2,1H3. The molecule has 0 spiro atoms. The highest BCUT2D eigenvalue weighted by atomic mass is 15.3. The molecular weight excluding hydrogens is 214 g/mol. The first kappa shape index (κ1) is 11.2. The van der Waals surface area contributed by atoms with Crippen molar-refractivity contribution in [2.45, 2.75) is 26.4 Å². The quantitative estimate of drug-likeness (QED) is 0.817. The fraction of sp³-hybridized carbons (Fsp3) is 0.833. The van der Waals surface area contributed by atoms with Gasteiger partial charge in [-0.05, 0) is 31.3 Å². The molecule has 1 N–H and O–H groups in total. The maximum atomic E-state index is 4.39. The normalized spacial score (nSPS) is 28.8. The molecule has 0 amide bonds. The Labute approximate surface area is 102 Å². The van der Waals surface area contributed by atoms with Crippen LogP contribution in [0.25, 0.3) is 0 Å². The first-order valence-corrected chi connectivity index (χ1v) is 6.66. The van der Waals surface area contributed by atoms with E-state index < -0.39 is 0 Å². The molecular formula is C12H21N5. The lowest BCUT2D eigenvalue weighted by Crippen LogP contribution is -2.27. The number of aryl methyl sites for hydroxylation is 1. The smallest absolute Gasteiger partial charge is 0.141 e.